The van der Waals surface area contributed by atoms with E-state index in [-0.39, 0.29) is 0 Å². The average molecular weight is 155 g/mol. The number of hydrogen-bond acceptors (Lipinski definition) is 3. The minimum Gasteiger partial charge on any atom is -0.434 e. The molecule has 0 aliphatic heterocycles. The molecule has 0 radical (unpaired) electrons. The van der Waals surface area contributed by atoms with Crippen molar-refractivity contribution in [3.63, 3.8) is 0 Å². The molecule has 1 aromatic heterocycles. The van der Waals surface area contributed by atoms with Crippen LogP contribution >= 0.6 is 0 Å². The van der Waals surface area contributed by atoms with Crippen molar-refractivity contribution in [2.75, 3.05) is 6.61 Å². The molecule has 0 unspecified atom stereocenters. The summed E-state index contributed by atoms with van der Waals surface area (Å²) in [6.45, 7) is 2.04. The molecular weight excluding hydrogens is 146 g/mol. The van der Waals surface area contributed by atoms with Gasteiger partial charge < -0.3 is 14.5 Å². The molecule has 4 nitrogen and oxygen atoms in total. The lowest BCUT2D eigenvalue weighted by Crippen LogP contribution is -2.09. The molecule has 0 aliphatic rings. The summed E-state index contributed by atoms with van der Waals surface area (Å²) in [4.78, 5) is 13.3. The molecule has 60 valence electrons. The van der Waals surface area contributed by atoms with Gasteiger partial charge >= 0.3 is 6.16 Å². The normalized spacial score (nSPS) is 9.18. The standard InChI is InChI=1S/C7H9NO3/c1-2-10-7(9)11-6-4-3-5-8-6/h3-5,8H,2H2,1H3. The van der Waals surface area contributed by atoms with Crippen LogP contribution in [-0.2, 0) is 4.74 Å². The highest BCUT2D eigenvalue weighted by molar-refractivity contribution is 5.62. The topological polar surface area (TPSA) is 51.3 Å². The van der Waals surface area contributed by atoms with E-state index < -0.39 is 6.16 Å². The molecule has 0 fully saturated rings. The van der Waals surface area contributed by atoms with Gasteiger partial charge in [0.2, 0.25) is 5.88 Å². The third-order valence-electron chi connectivity index (χ3n) is 1.02. The van der Waals surface area contributed by atoms with E-state index in [4.69, 9.17) is 0 Å². The minimum absolute atomic E-state index is 0.319. The number of nitrogens with one attached hydrogen (secondary N) is 1. The Labute approximate surface area is 64.1 Å². The van der Waals surface area contributed by atoms with Crippen molar-refractivity contribution in [1.29, 1.82) is 0 Å². The predicted molar refractivity (Wildman–Crippen MR) is 38.4 cm³/mol. The third-order valence-corrected chi connectivity index (χ3v) is 1.02. The lowest BCUT2D eigenvalue weighted by Gasteiger charge is -1.99. The molecule has 0 bridgehead atoms. The van der Waals surface area contributed by atoms with Crippen LogP contribution in [0.3, 0.4) is 0 Å². The summed E-state index contributed by atoms with van der Waals surface area (Å²) in [5, 5.41) is 0. The van der Waals surface area contributed by atoms with Crippen molar-refractivity contribution in [2.45, 2.75) is 6.92 Å². The Bertz CT molecular complexity index is 218. The van der Waals surface area contributed by atoms with Gasteiger partial charge in [-0.3, -0.25) is 0 Å². The summed E-state index contributed by atoms with van der Waals surface area (Å²) in [6, 6.07) is 3.37. The fraction of sp³-hybridized carbons (Fsp3) is 0.286. The van der Waals surface area contributed by atoms with E-state index >= 15 is 0 Å². The maximum Gasteiger partial charge on any atom is 0.515 e. The molecule has 0 atom stereocenters. The molecular formula is C7H9NO3. The van der Waals surface area contributed by atoms with Gasteiger partial charge in [-0.2, -0.15) is 0 Å². The number of rotatable bonds is 2. The maximum atomic E-state index is 10.6. The summed E-state index contributed by atoms with van der Waals surface area (Å²) < 4.78 is 9.21. The first-order valence-corrected chi connectivity index (χ1v) is 3.31. The molecule has 1 rings (SSSR count). The van der Waals surface area contributed by atoms with Gasteiger partial charge in [0.05, 0.1) is 6.61 Å². The van der Waals surface area contributed by atoms with Crippen molar-refractivity contribution in [2.24, 2.45) is 0 Å². The van der Waals surface area contributed by atoms with E-state index in [9.17, 15) is 4.79 Å². The fourth-order valence-electron chi connectivity index (χ4n) is 0.614. The monoisotopic (exact) mass is 155 g/mol. The Morgan fingerprint density at radius 1 is 1.73 bits per heavy atom. The van der Waals surface area contributed by atoms with Crippen LogP contribution in [0.5, 0.6) is 5.88 Å². The Kier molecular flexibility index (Phi) is 2.54. The number of aromatic amines is 1. The molecule has 1 heterocycles. The molecule has 0 saturated carbocycles. The van der Waals surface area contributed by atoms with Crippen LogP contribution in [0.25, 0.3) is 0 Å². The second-order valence-electron chi connectivity index (χ2n) is 1.82. The van der Waals surface area contributed by atoms with Crippen molar-refractivity contribution < 1.29 is 14.3 Å². The number of hydrogen-bond donors (Lipinski definition) is 1. The quantitative estimate of drug-likeness (QED) is 0.659. The predicted octanol–water partition coefficient (Wildman–Crippen LogP) is 1.55. The van der Waals surface area contributed by atoms with Crippen molar-refractivity contribution in [3.8, 4) is 5.88 Å². The molecule has 4 heteroatoms. The zero-order valence-electron chi connectivity index (χ0n) is 6.16. The Hall–Kier alpha value is -1.45. The first kappa shape index (κ1) is 7.65. The molecule has 0 amide bonds. The average Bonchev–Trinajstić information content (AvgIpc) is 2.40. The van der Waals surface area contributed by atoms with E-state index in [0.717, 1.165) is 0 Å². The molecule has 0 spiro atoms. The smallest absolute Gasteiger partial charge is 0.434 e. The number of ether oxygens (including phenoxy) is 2. The zero-order valence-corrected chi connectivity index (χ0v) is 6.16. The van der Waals surface area contributed by atoms with Crippen LogP contribution in [0.15, 0.2) is 18.3 Å². The van der Waals surface area contributed by atoms with Gasteiger partial charge in [-0.15, -0.1) is 0 Å². The van der Waals surface area contributed by atoms with Gasteiger partial charge in [0.25, 0.3) is 0 Å². The fourth-order valence-corrected chi connectivity index (χ4v) is 0.614. The van der Waals surface area contributed by atoms with Crippen LogP contribution < -0.4 is 4.74 Å². The number of H-pyrrole nitrogens is 1. The van der Waals surface area contributed by atoms with E-state index in [1.54, 1.807) is 25.3 Å². The highest BCUT2D eigenvalue weighted by Gasteiger charge is 2.03. The van der Waals surface area contributed by atoms with Gasteiger partial charge in [-0.05, 0) is 13.0 Å². The van der Waals surface area contributed by atoms with Gasteiger partial charge in [-0.25, -0.2) is 4.79 Å². The second-order valence-corrected chi connectivity index (χ2v) is 1.82. The number of aromatic nitrogens is 1. The molecule has 11 heavy (non-hydrogen) atoms. The van der Waals surface area contributed by atoms with Gasteiger partial charge in [0.15, 0.2) is 0 Å². The van der Waals surface area contributed by atoms with Crippen LogP contribution in [0.4, 0.5) is 4.79 Å². The van der Waals surface area contributed by atoms with Crippen LogP contribution in [0, 0.1) is 0 Å². The second kappa shape index (κ2) is 3.65. The molecule has 1 aromatic rings. The zero-order chi connectivity index (χ0) is 8.10. The lowest BCUT2D eigenvalue weighted by molar-refractivity contribution is 0.103. The van der Waals surface area contributed by atoms with Crippen LogP contribution in [0.2, 0.25) is 0 Å². The van der Waals surface area contributed by atoms with E-state index in [0.29, 0.717) is 12.5 Å². The molecule has 1 N–H and O–H groups in total. The number of carbonyl (C=O) groups is 1. The third kappa shape index (κ3) is 2.33. The summed E-state index contributed by atoms with van der Waals surface area (Å²) in [7, 11) is 0. The van der Waals surface area contributed by atoms with Gasteiger partial charge in [0.1, 0.15) is 0 Å². The van der Waals surface area contributed by atoms with Gasteiger partial charge in [-0.1, -0.05) is 0 Å². The molecule has 0 aliphatic carbocycles. The van der Waals surface area contributed by atoms with E-state index in [2.05, 4.69) is 14.5 Å². The van der Waals surface area contributed by atoms with Crippen molar-refractivity contribution >= 4 is 6.16 Å². The lowest BCUT2D eigenvalue weighted by atomic mass is 10.6. The highest BCUT2D eigenvalue weighted by Crippen LogP contribution is 2.04. The van der Waals surface area contributed by atoms with Crippen molar-refractivity contribution in [3.05, 3.63) is 18.3 Å². The Morgan fingerprint density at radius 3 is 3.09 bits per heavy atom. The first-order chi connectivity index (χ1) is 5.33. The summed E-state index contributed by atoms with van der Waals surface area (Å²) in [5.41, 5.74) is 0. The SMILES string of the molecule is CCOC(=O)Oc1ccc[nH]1. The molecule has 0 saturated heterocycles. The van der Waals surface area contributed by atoms with Crippen molar-refractivity contribution in [1.82, 2.24) is 4.98 Å². The summed E-state index contributed by atoms with van der Waals surface area (Å²) in [6.07, 6.45) is 0.976. The maximum absolute atomic E-state index is 10.6. The Balaban J connectivity index is 2.37. The summed E-state index contributed by atoms with van der Waals surface area (Å²) >= 11 is 0. The number of carbonyl (C=O) groups excluding carboxylic acids is 1. The highest BCUT2D eigenvalue weighted by atomic mass is 16.7. The largest absolute Gasteiger partial charge is 0.515 e. The Morgan fingerprint density at radius 2 is 2.55 bits per heavy atom. The van der Waals surface area contributed by atoms with Crippen LogP contribution in [0.1, 0.15) is 6.92 Å². The van der Waals surface area contributed by atoms with Gasteiger partial charge in [0, 0.05) is 12.3 Å². The molecule has 0 aromatic carbocycles. The van der Waals surface area contributed by atoms with E-state index in [1.807, 2.05) is 0 Å². The van der Waals surface area contributed by atoms with Crippen LogP contribution in [-0.4, -0.2) is 17.7 Å². The summed E-state index contributed by atoms with van der Waals surface area (Å²) in [5.74, 6) is 0.392. The van der Waals surface area contributed by atoms with E-state index in [1.165, 1.54) is 0 Å². The first-order valence-electron chi connectivity index (χ1n) is 3.31. The minimum atomic E-state index is -0.685.